The number of carbonyl (C=O) groups is 1. The van der Waals surface area contributed by atoms with Crippen molar-refractivity contribution in [2.45, 2.75) is 19.8 Å². The van der Waals surface area contributed by atoms with Gasteiger partial charge in [-0.2, -0.15) is 0 Å². The first kappa shape index (κ1) is 11.3. The van der Waals surface area contributed by atoms with Crippen LogP contribution in [-0.2, 0) is 4.79 Å². The summed E-state index contributed by atoms with van der Waals surface area (Å²) >= 11 is 0. The molecular weight excluding hydrogens is 228 g/mol. The van der Waals surface area contributed by atoms with E-state index < -0.39 is 5.41 Å². The number of fused-ring (bicyclic) bond motifs is 1. The van der Waals surface area contributed by atoms with Gasteiger partial charge in [-0.15, -0.1) is 0 Å². The smallest absolute Gasteiger partial charge is 0.232 e. The molecule has 1 saturated carbocycles. The minimum absolute atomic E-state index is 0.0692. The Morgan fingerprint density at radius 3 is 2.83 bits per heavy atom. The summed E-state index contributed by atoms with van der Waals surface area (Å²) in [6, 6.07) is 7.87. The molecule has 0 aliphatic heterocycles. The number of nitrogens with one attached hydrogen (secondary N) is 2. The zero-order chi connectivity index (χ0) is 12.8. The molecule has 1 amide bonds. The summed E-state index contributed by atoms with van der Waals surface area (Å²) in [5.41, 5.74) is 2.25. The maximum atomic E-state index is 12.1. The molecule has 1 aromatic carbocycles. The van der Waals surface area contributed by atoms with Crippen molar-refractivity contribution in [2.24, 2.45) is 5.41 Å². The molecule has 18 heavy (non-hydrogen) atoms. The predicted octanol–water partition coefficient (Wildman–Crippen LogP) is 2.19. The third-order valence-electron chi connectivity index (χ3n) is 3.77. The van der Waals surface area contributed by atoms with Crippen molar-refractivity contribution < 1.29 is 9.90 Å². The van der Waals surface area contributed by atoms with E-state index in [-0.39, 0.29) is 12.5 Å². The Hall–Kier alpha value is -1.81. The average Bonchev–Trinajstić information content (AvgIpc) is 3.12. The van der Waals surface area contributed by atoms with E-state index in [1.165, 1.54) is 0 Å². The van der Waals surface area contributed by atoms with Gasteiger partial charge >= 0.3 is 0 Å². The molecule has 0 radical (unpaired) electrons. The SMILES string of the molecule is Cc1[nH]c2ccccc2c1NC(=O)C1(CO)CC1. The Labute approximate surface area is 105 Å². The fourth-order valence-electron chi connectivity index (χ4n) is 2.29. The number of para-hydroxylation sites is 1. The van der Waals surface area contributed by atoms with Crippen LogP contribution in [0, 0.1) is 12.3 Å². The average molecular weight is 244 g/mol. The van der Waals surface area contributed by atoms with Crippen molar-refractivity contribution in [2.75, 3.05) is 11.9 Å². The number of H-pyrrole nitrogens is 1. The van der Waals surface area contributed by atoms with Gasteiger partial charge in [0.2, 0.25) is 5.91 Å². The van der Waals surface area contributed by atoms with Crippen molar-refractivity contribution in [3.8, 4) is 0 Å². The molecule has 0 unspecified atom stereocenters. The number of amides is 1. The number of aliphatic hydroxyl groups is 1. The monoisotopic (exact) mass is 244 g/mol. The van der Waals surface area contributed by atoms with Crippen molar-refractivity contribution in [1.29, 1.82) is 0 Å². The first-order chi connectivity index (χ1) is 8.66. The number of hydrogen-bond donors (Lipinski definition) is 3. The summed E-state index contributed by atoms with van der Waals surface area (Å²) in [6.45, 7) is 1.87. The van der Waals surface area contributed by atoms with Gasteiger partial charge in [0.25, 0.3) is 0 Å². The van der Waals surface area contributed by atoms with E-state index in [0.717, 1.165) is 35.1 Å². The van der Waals surface area contributed by atoms with Gasteiger partial charge in [-0.3, -0.25) is 4.79 Å². The third kappa shape index (κ3) is 1.61. The Balaban J connectivity index is 1.95. The van der Waals surface area contributed by atoms with E-state index in [2.05, 4.69) is 10.3 Å². The molecule has 3 rings (SSSR count). The van der Waals surface area contributed by atoms with Gasteiger partial charge in [-0.25, -0.2) is 0 Å². The van der Waals surface area contributed by atoms with Crippen LogP contribution in [0.1, 0.15) is 18.5 Å². The summed E-state index contributed by atoms with van der Waals surface area (Å²) in [5, 5.41) is 13.2. The highest BCUT2D eigenvalue weighted by Gasteiger charge is 2.49. The molecule has 1 heterocycles. The fraction of sp³-hybridized carbons (Fsp3) is 0.357. The molecular formula is C14H16N2O2. The van der Waals surface area contributed by atoms with Gasteiger partial charge < -0.3 is 15.4 Å². The van der Waals surface area contributed by atoms with E-state index >= 15 is 0 Å². The highest BCUT2D eigenvalue weighted by molar-refractivity contribution is 6.05. The zero-order valence-corrected chi connectivity index (χ0v) is 10.3. The van der Waals surface area contributed by atoms with Crippen LogP contribution >= 0.6 is 0 Å². The summed E-state index contributed by atoms with van der Waals surface area (Å²) < 4.78 is 0. The highest BCUT2D eigenvalue weighted by Crippen LogP contribution is 2.46. The second kappa shape index (κ2) is 3.85. The minimum Gasteiger partial charge on any atom is -0.395 e. The molecule has 4 heteroatoms. The van der Waals surface area contributed by atoms with Crippen LogP contribution in [0.5, 0.6) is 0 Å². The van der Waals surface area contributed by atoms with E-state index in [1.54, 1.807) is 0 Å². The maximum absolute atomic E-state index is 12.1. The van der Waals surface area contributed by atoms with Gasteiger partial charge in [0, 0.05) is 16.6 Å². The lowest BCUT2D eigenvalue weighted by molar-refractivity contribution is -0.122. The quantitative estimate of drug-likeness (QED) is 0.774. The number of hydrogen-bond acceptors (Lipinski definition) is 2. The third-order valence-corrected chi connectivity index (χ3v) is 3.77. The molecule has 94 valence electrons. The van der Waals surface area contributed by atoms with Crippen LogP contribution in [-0.4, -0.2) is 22.6 Å². The lowest BCUT2D eigenvalue weighted by Gasteiger charge is -2.12. The van der Waals surface area contributed by atoms with Gasteiger partial charge in [-0.1, -0.05) is 18.2 Å². The fourth-order valence-corrected chi connectivity index (χ4v) is 2.29. The van der Waals surface area contributed by atoms with Crippen molar-refractivity contribution >= 4 is 22.5 Å². The largest absolute Gasteiger partial charge is 0.395 e. The molecule has 0 bridgehead atoms. The molecule has 4 nitrogen and oxygen atoms in total. The van der Waals surface area contributed by atoms with Crippen molar-refractivity contribution in [1.82, 2.24) is 4.98 Å². The number of carbonyl (C=O) groups excluding carboxylic acids is 1. The topological polar surface area (TPSA) is 65.1 Å². The van der Waals surface area contributed by atoms with E-state index in [1.807, 2.05) is 31.2 Å². The van der Waals surface area contributed by atoms with Crippen LogP contribution in [0.3, 0.4) is 0 Å². The maximum Gasteiger partial charge on any atom is 0.232 e. The normalized spacial score (nSPS) is 16.8. The Morgan fingerprint density at radius 1 is 1.44 bits per heavy atom. The molecule has 3 N–H and O–H groups in total. The van der Waals surface area contributed by atoms with Crippen LogP contribution in [0.15, 0.2) is 24.3 Å². The first-order valence-electron chi connectivity index (χ1n) is 6.16. The summed E-state index contributed by atoms with van der Waals surface area (Å²) in [5.74, 6) is -0.0714. The van der Waals surface area contributed by atoms with E-state index in [0.29, 0.717) is 0 Å². The molecule has 0 atom stereocenters. The second-order valence-corrected chi connectivity index (χ2v) is 5.06. The number of aromatic amines is 1. The molecule has 0 saturated heterocycles. The Morgan fingerprint density at radius 2 is 2.17 bits per heavy atom. The number of aryl methyl sites for hydroxylation is 1. The molecule has 1 aromatic heterocycles. The van der Waals surface area contributed by atoms with Crippen molar-refractivity contribution in [3.63, 3.8) is 0 Å². The highest BCUT2D eigenvalue weighted by atomic mass is 16.3. The Kier molecular flexibility index (Phi) is 2.41. The van der Waals surface area contributed by atoms with Crippen LogP contribution in [0.2, 0.25) is 0 Å². The molecule has 1 fully saturated rings. The van der Waals surface area contributed by atoms with Crippen LogP contribution in [0.4, 0.5) is 5.69 Å². The number of benzene rings is 1. The van der Waals surface area contributed by atoms with Crippen molar-refractivity contribution in [3.05, 3.63) is 30.0 Å². The molecule has 1 aliphatic rings. The molecule has 1 aliphatic carbocycles. The lowest BCUT2D eigenvalue weighted by atomic mass is 10.1. The van der Waals surface area contributed by atoms with Gasteiger partial charge in [0.05, 0.1) is 17.7 Å². The predicted molar refractivity (Wildman–Crippen MR) is 70.4 cm³/mol. The number of anilines is 1. The summed E-state index contributed by atoms with van der Waals surface area (Å²) in [4.78, 5) is 15.4. The van der Waals surface area contributed by atoms with Crippen LogP contribution in [0.25, 0.3) is 10.9 Å². The number of aliphatic hydroxyl groups excluding tert-OH is 1. The molecule has 0 spiro atoms. The standard InChI is InChI=1S/C14H16N2O2/c1-9-12(10-4-2-3-5-11(10)15-9)16-13(18)14(8-17)6-7-14/h2-5,15,17H,6-8H2,1H3,(H,16,18). The van der Waals surface area contributed by atoms with Crippen LogP contribution < -0.4 is 5.32 Å². The Bertz CT molecular complexity index is 611. The summed E-state index contributed by atoms with van der Waals surface area (Å²) in [6.07, 6.45) is 1.55. The molecule has 2 aromatic rings. The van der Waals surface area contributed by atoms with Gasteiger partial charge in [-0.05, 0) is 25.8 Å². The van der Waals surface area contributed by atoms with E-state index in [9.17, 15) is 9.90 Å². The number of rotatable bonds is 3. The van der Waals surface area contributed by atoms with Gasteiger partial charge in [0.15, 0.2) is 0 Å². The minimum atomic E-state index is -0.537. The first-order valence-corrected chi connectivity index (χ1v) is 6.16. The van der Waals surface area contributed by atoms with E-state index in [4.69, 9.17) is 0 Å². The number of aromatic nitrogens is 1. The zero-order valence-electron chi connectivity index (χ0n) is 10.3. The lowest BCUT2D eigenvalue weighted by Crippen LogP contribution is -2.27. The summed E-state index contributed by atoms with van der Waals surface area (Å²) in [7, 11) is 0. The van der Waals surface area contributed by atoms with Gasteiger partial charge in [0.1, 0.15) is 0 Å². The second-order valence-electron chi connectivity index (χ2n) is 5.06.